The molecular formula is C11H13N3O2. The highest BCUT2D eigenvalue weighted by Gasteiger charge is 2.12. The van der Waals surface area contributed by atoms with E-state index in [0.717, 1.165) is 16.6 Å². The van der Waals surface area contributed by atoms with Crippen LogP contribution in [0.4, 0.5) is 0 Å². The standard InChI is InChI=1S/C11H13N3O2/c1-7(15)8-3-2-4-9-11(8)14(6-13-9)5-10(12)16/h2-4,6-7,15H,5H2,1H3,(H2,12,16). The van der Waals surface area contributed by atoms with Gasteiger partial charge in [-0.3, -0.25) is 4.79 Å². The minimum absolute atomic E-state index is 0.0697. The van der Waals surface area contributed by atoms with Gasteiger partial charge in [0, 0.05) is 5.56 Å². The Hall–Kier alpha value is -1.88. The first kappa shape index (κ1) is 10.6. The number of amides is 1. The summed E-state index contributed by atoms with van der Waals surface area (Å²) in [5.74, 6) is -0.431. The highest BCUT2D eigenvalue weighted by Crippen LogP contribution is 2.23. The molecule has 0 saturated heterocycles. The molecule has 0 aliphatic carbocycles. The smallest absolute Gasteiger partial charge is 0.237 e. The number of fused-ring (bicyclic) bond motifs is 1. The molecule has 2 aromatic rings. The van der Waals surface area contributed by atoms with Crippen LogP contribution in [0.3, 0.4) is 0 Å². The number of rotatable bonds is 3. The van der Waals surface area contributed by atoms with E-state index in [1.54, 1.807) is 17.8 Å². The molecule has 1 heterocycles. The Morgan fingerprint density at radius 3 is 3.00 bits per heavy atom. The maximum Gasteiger partial charge on any atom is 0.237 e. The highest BCUT2D eigenvalue weighted by molar-refractivity contribution is 5.82. The maximum atomic E-state index is 10.9. The topological polar surface area (TPSA) is 81.1 Å². The number of imidazole rings is 1. The van der Waals surface area contributed by atoms with E-state index in [2.05, 4.69) is 4.98 Å². The summed E-state index contributed by atoms with van der Waals surface area (Å²) in [5, 5.41) is 9.64. The van der Waals surface area contributed by atoms with Gasteiger partial charge in [-0.15, -0.1) is 0 Å². The molecular weight excluding hydrogens is 206 g/mol. The van der Waals surface area contributed by atoms with E-state index < -0.39 is 12.0 Å². The Kier molecular flexibility index (Phi) is 2.62. The molecule has 16 heavy (non-hydrogen) atoms. The number of aromatic nitrogens is 2. The van der Waals surface area contributed by atoms with Gasteiger partial charge in [0.2, 0.25) is 5.91 Å². The highest BCUT2D eigenvalue weighted by atomic mass is 16.3. The van der Waals surface area contributed by atoms with E-state index in [0.29, 0.717) is 0 Å². The zero-order chi connectivity index (χ0) is 11.7. The van der Waals surface area contributed by atoms with Crippen molar-refractivity contribution in [1.82, 2.24) is 9.55 Å². The van der Waals surface area contributed by atoms with Crippen LogP contribution >= 0.6 is 0 Å². The van der Waals surface area contributed by atoms with Crippen molar-refractivity contribution in [2.75, 3.05) is 0 Å². The van der Waals surface area contributed by atoms with Crippen LogP contribution < -0.4 is 5.73 Å². The average Bonchev–Trinajstić information content (AvgIpc) is 2.60. The molecule has 0 saturated carbocycles. The van der Waals surface area contributed by atoms with Gasteiger partial charge in [0.25, 0.3) is 0 Å². The Morgan fingerprint density at radius 1 is 1.62 bits per heavy atom. The first-order chi connectivity index (χ1) is 7.59. The van der Waals surface area contributed by atoms with Crippen molar-refractivity contribution in [1.29, 1.82) is 0 Å². The number of nitrogens with two attached hydrogens (primary N) is 1. The Bertz CT molecular complexity index is 531. The molecule has 5 heteroatoms. The van der Waals surface area contributed by atoms with Gasteiger partial charge in [-0.05, 0) is 13.0 Å². The number of primary amides is 1. The summed E-state index contributed by atoms with van der Waals surface area (Å²) < 4.78 is 1.65. The van der Waals surface area contributed by atoms with Gasteiger partial charge in [-0.25, -0.2) is 4.98 Å². The number of hydrogen-bond acceptors (Lipinski definition) is 3. The molecule has 1 aromatic carbocycles. The number of hydrogen-bond donors (Lipinski definition) is 2. The number of para-hydroxylation sites is 1. The number of aliphatic hydroxyl groups excluding tert-OH is 1. The lowest BCUT2D eigenvalue weighted by Crippen LogP contribution is -2.18. The van der Waals surface area contributed by atoms with E-state index in [4.69, 9.17) is 5.73 Å². The molecule has 0 bridgehead atoms. The van der Waals surface area contributed by atoms with Gasteiger partial charge < -0.3 is 15.4 Å². The maximum absolute atomic E-state index is 10.9. The van der Waals surface area contributed by atoms with Crippen LogP contribution in [0.1, 0.15) is 18.6 Å². The molecule has 0 aliphatic heterocycles. The summed E-state index contributed by atoms with van der Waals surface area (Å²) in [6.07, 6.45) is 0.952. The molecule has 0 spiro atoms. The number of carbonyl (C=O) groups is 1. The minimum atomic E-state index is -0.605. The van der Waals surface area contributed by atoms with Gasteiger partial charge in [0.05, 0.1) is 23.5 Å². The van der Waals surface area contributed by atoms with E-state index in [9.17, 15) is 9.90 Å². The predicted molar refractivity (Wildman–Crippen MR) is 59.6 cm³/mol. The van der Waals surface area contributed by atoms with Crippen LogP contribution in [0.25, 0.3) is 11.0 Å². The van der Waals surface area contributed by atoms with E-state index in [-0.39, 0.29) is 6.54 Å². The van der Waals surface area contributed by atoms with Crippen molar-refractivity contribution < 1.29 is 9.90 Å². The molecule has 0 aliphatic rings. The van der Waals surface area contributed by atoms with E-state index in [1.165, 1.54) is 0 Å². The molecule has 0 radical (unpaired) electrons. The zero-order valence-electron chi connectivity index (χ0n) is 8.92. The van der Waals surface area contributed by atoms with Gasteiger partial charge in [-0.1, -0.05) is 12.1 Å². The lowest BCUT2D eigenvalue weighted by atomic mass is 10.1. The molecule has 1 aromatic heterocycles. The van der Waals surface area contributed by atoms with Crippen LogP contribution in [0.2, 0.25) is 0 Å². The quantitative estimate of drug-likeness (QED) is 0.792. The van der Waals surface area contributed by atoms with E-state index in [1.807, 2.05) is 18.2 Å². The first-order valence-corrected chi connectivity index (χ1v) is 4.99. The molecule has 0 fully saturated rings. The van der Waals surface area contributed by atoms with Crippen molar-refractivity contribution in [2.45, 2.75) is 19.6 Å². The molecule has 3 N–H and O–H groups in total. The molecule has 84 valence electrons. The second-order valence-corrected chi connectivity index (χ2v) is 3.73. The Labute approximate surface area is 92.5 Å². The summed E-state index contributed by atoms with van der Waals surface area (Å²) in [7, 11) is 0. The summed E-state index contributed by atoms with van der Waals surface area (Å²) >= 11 is 0. The van der Waals surface area contributed by atoms with Crippen LogP contribution in [-0.4, -0.2) is 20.6 Å². The fraction of sp³-hybridized carbons (Fsp3) is 0.273. The van der Waals surface area contributed by atoms with Crippen LogP contribution in [0.5, 0.6) is 0 Å². The van der Waals surface area contributed by atoms with Gasteiger partial charge in [-0.2, -0.15) is 0 Å². The number of aliphatic hydroxyl groups is 1. The van der Waals surface area contributed by atoms with E-state index >= 15 is 0 Å². The molecule has 1 atom stereocenters. The van der Waals surface area contributed by atoms with Gasteiger partial charge >= 0.3 is 0 Å². The van der Waals surface area contributed by atoms with Crippen LogP contribution in [0, 0.1) is 0 Å². The lowest BCUT2D eigenvalue weighted by molar-refractivity contribution is -0.118. The molecule has 1 unspecified atom stereocenters. The zero-order valence-corrected chi connectivity index (χ0v) is 8.92. The molecule has 5 nitrogen and oxygen atoms in total. The third kappa shape index (κ3) is 1.77. The normalized spacial score (nSPS) is 12.9. The third-order valence-corrected chi connectivity index (χ3v) is 2.45. The summed E-state index contributed by atoms with van der Waals surface area (Å²) in [6, 6.07) is 5.47. The van der Waals surface area contributed by atoms with Crippen molar-refractivity contribution in [3.63, 3.8) is 0 Å². The number of nitrogens with zero attached hydrogens (tertiary/aromatic N) is 2. The number of benzene rings is 1. The Morgan fingerprint density at radius 2 is 2.38 bits per heavy atom. The number of carbonyl (C=O) groups excluding carboxylic acids is 1. The molecule has 1 amide bonds. The second-order valence-electron chi connectivity index (χ2n) is 3.73. The largest absolute Gasteiger partial charge is 0.389 e. The van der Waals surface area contributed by atoms with Gasteiger partial charge in [0.15, 0.2) is 0 Å². The van der Waals surface area contributed by atoms with Gasteiger partial charge in [0.1, 0.15) is 6.54 Å². The summed E-state index contributed by atoms with van der Waals surface area (Å²) in [5.41, 5.74) is 7.41. The van der Waals surface area contributed by atoms with Crippen molar-refractivity contribution in [3.8, 4) is 0 Å². The van der Waals surface area contributed by atoms with Crippen molar-refractivity contribution in [2.24, 2.45) is 5.73 Å². The molecule has 2 rings (SSSR count). The average molecular weight is 219 g/mol. The SMILES string of the molecule is CC(O)c1cccc2ncn(CC(N)=O)c12. The fourth-order valence-corrected chi connectivity index (χ4v) is 1.78. The lowest BCUT2D eigenvalue weighted by Gasteiger charge is -2.09. The second kappa shape index (κ2) is 3.94. The summed E-state index contributed by atoms with van der Waals surface area (Å²) in [6.45, 7) is 1.75. The van der Waals surface area contributed by atoms with Crippen LogP contribution in [-0.2, 0) is 11.3 Å². The third-order valence-electron chi connectivity index (χ3n) is 2.45. The van der Waals surface area contributed by atoms with Crippen molar-refractivity contribution >= 4 is 16.9 Å². The van der Waals surface area contributed by atoms with Crippen LogP contribution in [0.15, 0.2) is 24.5 Å². The fourth-order valence-electron chi connectivity index (χ4n) is 1.78. The van der Waals surface area contributed by atoms with Crippen molar-refractivity contribution in [3.05, 3.63) is 30.1 Å². The monoisotopic (exact) mass is 219 g/mol. The first-order valence-electron chi connectivity index (χ1n) is 4.99. The Balaban J connectivity index is 2.63. The summed E-state index contributed by atoms with van der Waals surface area (Å²) in [4.78, 5) is 15.1. The predicted octanol–water partition coefficient (Wildman–Crippen LogP) is 0.575. The minimum Gasteiger partial charge on any atom is -0.389 e.